The third-order valence-electron chi connectivity index (χ3n) is 5.10. The summed E-state index contributed by atoms with van der Waals surface area (Å²) >= 11 is 1.27. The molecule has 34 heavy (non-hydrogen) atoms. The maximum atomic E-state index is 12.9. The second-order valence-electron chi connectivity index (χ2n) is 7.54. The summed E-state index contributed by atoms with van der Waals surface area (Å²) < 4.78 is 11.2. The van der Waals surface area contributed by atoms with E-state index in [1.165, 1.54) is 11.8 Å². The number of aromatic nitrogens is 1. The molecule has 0 bridgehead atoms. The van der Waals surface area contributed by atoms with Gasteiger partial charge in [-0.2, -0.15) is 5.26 Å². The molecule has 2 aromatic rings. The number of nitrogens with one attached hydrogen (secondary N) is 2. The lowest BCUT2D eigenvalue weighted by molar-refractivity contribution is -0.138. The van der Waals surface area contributed by atoms with Gasteiger partial charge in [0.2, 0.25) is 0 Å². The first-order valence-electron chi connectivity index (χ1n) is 11.1. The molecule has 1 aliphatic rings. The number of nitrogens with zero attached hydrogens (tertiary/aromatic N) is 3. The summed E-state index contributed by atoms with van der Waals surface area (Å²) in [5.41, 5.74) is 3.99. The Morgan fingerprint density at radius 1 is 1.26 bits per heavy atom. The number of hydrogen-bond acceptors (Lipinski definition) is 9. The molecule has 0 saturated heterocycles. The minimum absolute atomic E-state index is 0.258. The zero-order valence-electron chi connectivity index (χ0n) is 20.1. The molecule has 1 aromatic heterocycles. The Morgan fingerprint density at radius 3 is 2.71 bits per heavy atom. The lowest BCUT2D eigenvalue weighted by atomic mass is 9.96. The average Bonchev–Trinajstić information content (AvgIpc) is 2.79. The number of benzene rings is 1. The Hall–Kier alpha value is -3.35. The molecule has 0 saturated carbocycles. The summed E-state index contributed by atoms with van der Waals surface area (Å²) in [6.45, 7) is 8.69. The second kappa shape index (κ2) is 11.7. The summed E-state index contributed by atoms with van der Waals surface area (Å²) in [4.78, 5) is 22.4. The quantitative estimate of drug-likeness (QED) is 0.547. The van der Waals surface area contributed by atoms with E-state index >= 15 is 0 Å². The molecule has 1 aromatic carbocycles. The number of allylic oxidation sites excluding steroid dienone is 1. The van der Waals surface area contributed by atoms with Gasteiger partial charge in [-0.3, -0.25) is 0 Å². The van der Waals surface area contributed by atoms with Gasteiger partial charge in [0.1, 0.15) is 22.9 Å². The van der Waals surface area contributed by atoms with Crippen molar-refractivity contribution >= 4 is 22.9 Å². The Balaban J connectivity index is 2.09. The fourth-order valence-corrected chi connectivity index (χ4v) is 4.73. The van der Waals surface area contributed by atoms with Gasteiger partial charge in [-0.05, 0) is 64.2 Å². The number of rotatable bonds is 8. The topological polar surface area (TPSA) is 109 Å². The van der Waals surface area contributed by atoms with Crippen LogP contribution in [0.4, 0.5) is 0 Å². The van der Waals surface area contributed by atoms with Crippen molar-refractivity contribution in [2.45, 2.75) is 45.3 Å². The largest absolute Gasteiger partial charge is 0.494 e. The van der Waals surface area contributed by atoms with Gasteiger partial charge in [0, 0.05) is 23.5 Å². The normalized spacial score (nSPS) is 15.3. The minimum atomic E-state index is -0.627. The molecular weight excluding hydrogens is 450 g/mol. The number of ether oxygens (including phenoxy) is 2. The summed E-state index contributed by atoms with van der Waals surface area (Å²) in [6, 6.07) is 11.1. The fraction of sp³-hybridized carbons (Fsp3) is 0.360. The highest BCUT2D eigenvalue weighted by atomic mass is 32.2. The van der Waals surface area contributed by atoms with Crippen LogP contribution in [0.25, 0.3) is 0 Å². The molecule has 0 aliphatic carbocycles. The molecule has 0 unspecified atom stereocenters. The Kier molecular flexibility index (Phi) is 8.68. The molecule has 1 aliphatic heterocycles. The van der Waals surface area contributed by atoms with E-state index in [1.807, 2.05) is 58.2 Å². The van der Waals surface area contributed by atoms with Crippen molar-refractivity contribution in [1.29, 1.82) is 5.26 Å². The lowest BCUT2D eigenvalue weighted by Crippen LogP contribution is -2.31. The molecule has 2 heterocycles. The number of pyridine rings is 1. The van der Waals surface area contributed by atoms with Crippen molar-refractivity contribution in [2.24, 2.45) is 4.99 Å². The summed E-state index contributed by atoms with van der Waals surface area (Å²) in [6.07, 6.45) is 0. The van der Waals surface area contributed by atoms with E-state index in [-0.39, 0.29) is 6.61 Å². The van der Waals surface area contributed by atoms with Crippen LogP contribution in [0.15, 0.2) is 51.6 Å². The molecular formula is C25H29N5O3S. The molecule has 1 atom stereocenters. The van der Waals surface area contributed by atoms with Gasteiger partial charge in [-0.25, -0.2) is 14.8 Å². The summed E-state index contributed by atoms with van der Waals surface area (Å²) in [5.74, 6) is 0.224. The molecule has 0 radical (unpaired) electrons. The number of hydrogen-bond donors (Lipinski definition) is 2. The number of amidine groups is 1. The van der Waals surface area contributed by atoms with Crippen molar-refractivity contribution in [2.75, 3.05) is 20.3 Å². The van der Waals surface area contributed by atoms with Crippen LogP contribution in [0.3, 0.4) is 0 Å². The second-order valence-corrected chi connectivity index (χ2v) is 8.52. The predicted molar refractivity (Wildman–Crippen MR) is 133 cm³/mol. The van der Waals surface area contributed by atoms with E-state index in [0.717, 1.165) is 16.8 Å². The minimum Gasteiger partial charge on any atom is -0.494 e. The van der Waals surface area contributed by atoms with Gasteiger partial charge in [0.15, 0.2) is 5.17 Å². The number of thioether (sulfide) groups is 1. The maximum Gasteiger partial charge on any atom is 0.338 e. The lowest BCUT2D eigenvalue weighted by Gasteiger charge is -2.27. The van der Waals surface area contributed by atoms with Gasteiger partial charge in [0.05, 0.1) is 24.4 Å². The van der Waals surface area contributed by atoms with Gasteiger partial charge < -0.3 is 20.1 Å². The molecule has 0 spiro atoms. The number of carbonyl (C=O) groups is 1. The molecule has 3 rings (SSSR count). The molecule has 8 nitrogen and oxygen atoms in total. The highest BCUT2D eigenvalue weighted by molar-refractivity contribution is 8.13. The van der Waals surface area contributed by atoms with Crippen molar-refractivity contribution in [3.8, 4) is 11.8 Å². The Labute approximate surface area is 204 Å². The number of para-hydroxylation sites is 1. The Morgan fingerprint density at radius 2 is 2.03 bits per heavy atom. The summed E-state index contributed by atoms with van der Waals surface area (Å²) in [5, 5.41) is 17.2. The van der Waals surface area contributed by atoms with Gasteiger partial charge >= 0.3 is 5.97 Å². The van der Waals surface area contributed by atoms with Gasteiger partial charge in [0.25, 0.3) is 0 Å². The van der Waals surface area contributed by atoms with Crippen LogP contribution in [0.5, 0.6) is 5.75 Å². The zero-order valence-corrected chi connectivity index (χ0v) is 20.9. The molecule has 178 valence electrons. The van der Waals surface area contributed by atoms with E-state index in [2.05, 4.69) is 21.7 Å². The van der Waals surface area contributed by atoms with Crippen LogP contribution >= 0.6 is 11.8 Å². The molecule has 2 N–H and O–H groups in total. The third kappa shape index (κ3) is 5.58. The molecule has 9 heteroatoms. The van der Waals surface area contributed by atoms with Gasteiger partial charge in [-0.15, -0.1) is 0 Å². The van der Waals surface area contributed by atoms with Crippen LogP contribution in [0.2, 0.25) is 0 Å². The summed E-state index contributed by atoms with van der Waals surface area (Å²) in [7, 11) is 1.84. The standard InChI is InChI=1S/C25H29N5O3S/c1-6-32-20-11-9-8-10-18(20)22-21(24(31)33-7-2)16(4)29-25(30-22)34-23-19(13-26)17(14-27-5)12-15(3)28-23/h8-12,22,27H,6-7,14H2,1-5H3,(H,29,30)/t22-/m0/s1. The zero-order chi connectivity index (χ0) is 24.7. The average molecular weight is 480 g/mol. The van der Waals surface area contributed by atoms with Crippen LogP contribution in [-0.4, -0.2) is 36.4 Å². The van der Waals surface area contributed by atoms with E-state index in [9.17, 15) is 10.1 Å². The number of aliphatic imine (C=N–C) groups is 1. The molecule has 0 fully saturated rings. The van der Waals surface area contributed by atoms with Gasteiger partial charge in [-0.1, -0.05) is 18.2 Å². The van der Waals surface area contributed by atoms with Crippen molar-refractivity contribution < 1.29 is 14.3 Å². The first kappa shape index (κ1) is 25.3. The number of nitriles is 1. The van der Waals surface area contributed by atoms with Crippen LogP contribution < -0.4 is 15.4 Å². The van der Waals surface area contributed by atoms with Crippen LogP contribution in [-0.2, 0) is 16.1 Å². The Bertz CT molecular complexity index is 1170. The number of esters is 1. The van der Waals surface area contributed by atoms with E-state index in [1.54, 1.807) is 6.92 Å². The highest BCUT2D eigenvalue weighted by Gasteiger charge is 2.32. The smallest absolute Gasteiger partial charge is 0.338 e. The van der Waals surface area contributed by atoms with E-state index in [0.29, 0.717) is 45.9 Å². The highest BCUT2D eigenvalue weighted by Crippen LogP contribution is 2.38. The number of carbonyl (C=O) groups excluding carboxylic acids is 1. The third-order valence-corrected chi connectivity index (χ3v) is 5.98. The van der Waals surface area contributed by atoms with Crippen molar-refractivity contribution in [3.05, 3.63) is 64.0 Å². The first-order chi connectivity index (χ1) is 16.4. The van der Waals surface area contributed by atoms with Crippen LogP contribution in [0.1, 0.15) is 49.2 Å². The monoisotopic (exact) mass is 479 g/mol. The number of aryl methyl sites for hydroxylation is 1. The van der Waals surface area contributed by atoms with Crippen molar-refractivity contribution in [1.82, 2.24) is 15.6 Å². The first-order valence-corrected chi connectivity index (χ1v) is 11.9. The maximum absolute atomic E-state index is 12.9. The SMILES string of the molecule is CCOC(=O)C1=C(C)NC(Sc2nc(C)cc(CNC)c2C#N)=N[C@H]1c1ccccc1OCC. The van der Waals surface area contributed by atoms with Crippen molar-refractivity contribution in [3.63, 3.8) is 0 Å². The predicted octanol–water partition coefficient (Wildman–Crippen LogP) is 4.01. The van der Waals surface area contributed by atoms with E-state index in [4.69, 9.17) is 14.5 Å². The van der Waals surface area contributed by atoms with E-state index < -0.39 is 12.0 Å². The molecule has 0 amide bonds. The fourth-order valence-electron chi connectivity index (χ4n) is 3.72. The van der Waals surface area contributed by atoms with Crippen LogP contribution in [0, 0.1) is 18.3 Å².